The monoisotopic (exact) mass is 166 g/mol. The molecule has 0 amide bonds. The molecule has 0 rings (SSSR count). The first-order valence-corrected chi connectivity index (χ1v) is 7.25. The molecule has 40 valence electrons. The van der Waals surface area contributed by atoms with E-state index in [1.54, 1.807) is 13.3 Å². The van der Waals surface area contributed by atoms with Crippen molar-refractivity contribution in [2.45, 2.75) is 0 Å². The molecule has 0 nitrogen and oxygen atoms in total. The Labute approximate surface area is 52.1 Å². The summed E-state index contributed by atoms with van der Waals surface area (Å²) >= 11 is 16.3. The fraction of sp³-hybridized carbons (Fsp3) is 1.00. The van der Waals surface area contributed by atoms with E-state index in [0.717, 1.165) is 0 Å². The van der Waals surface area contributed by atoms with E-state index in [1.807, 2.05) is 0 Å². The number of halogens is 3. The van der Waals surface area contributed by atoms with Crippen LogP contribution in [-0.2, 0) is 0 Å². The Morgan fingerprint density at radius 1 is 1.00 bits per heavy atom. The Hall–Kier alpha value is 1.30. The van der Waals surface area contributed by atoms with E-state index in [-0.39, 0.29) is 0 Å². The summed E-state index contributed by atoms with van der Waals surface area (Å²) in [6, 6.07) is 0. The van der Waals surface area contributed by atoms with Crippen LogP contribution in [0.1, 0.15) is 0 Å². The number of rotatable bonds is 0. The molecule has 0 aliphatic carbocycles. The van der Waals surface area contributed by atoms with Crippen LogP contribution in [0, 0.1) is 0 Å². The van der Waals surface area contributed by atoms with Gasteiger partial charge in [-0.25, -0.2) is 0 Å². The zero-order valence-corrected chi connectivity index (χ0v) is 6.74. The van der Waals surface area contributed by atoms with E-state index in [2.05, 4.69) is 0 Å². The standard InChI is InChI=1S/C2H6Cl3P/c1-6(2,3,4)5/h1-2H3. The number of hydrogen-bond donors (Lipinski definition) is 0. The van der Waals surface area contributed by atoms with Crippen molar-refractivity contribution in [1.82, 2.24) is 0 Å². The van der Waals surface area contributed by atoms with E-state index < -0.39 is 4.66 Å². The average molecular weight is 167 g/mol. The topological polar surface area (TPSA) is 0 Å². The van der Waals surface area contributed by atoms with Crippen LogP contribution in [0.25, 0.3) is 0 Å². The molecule has 0 saturated heterocycles. The third-order valence-electron chi connectivity index (χ3n) is 0. The number of hydrogen-bond acceptors (Lipinski definition) is 0. The summed E-state index contributed by atoms with van der Waals surface area (Å²) in [4.78, 5) is 0. The molecule has 0 heterocycles. The Kier molecular flexibility index (Phi) is 1.69. The zero-order chi connectivity index (χ0) is 5.45. The maximum absolute atomic E-state index is 5.45. The minimum atomic E-state index is -2.63. The normalized spacial score (nSPS) is 19.2. The van der Waals surface area contributed by atoms with Crippen LogP contribution in [-0.4, -0.2) is 13.3 Å². The van der Waals surface area contributed by atoms with E-state index in [4.69, 9.17) is 33.7 Å². The van der Waals surface area contributed by atoms with Crippen molar-refractivity contribution < 1.29 is 0 Å². The predicted molar refractivity (Wildman–Crippen MR) is 36.3 cm³/mol. The van der Waals surface area contributed by atoms with Crippen molar-refractivity contribution in [3.8, 4) is 0 Å². The van der Waals surface area contributed by atoms with Crippen LogP contribution in [0.3, 0.4) is 0 Å². The summed E-state index contributed by atoms with van der Waals surface area (Å²) in [7, 11) is 0. The van der Waals surface area contributed by atoms with Crippen molar-refractivity contribution in [3.05, 3.63) is 0 Å². The van der Waals surface area contributed by atoms with E-state index in [9.17, 15) is 0 Å². The van der Waals surface area contributed by atoms with Gasteiger partial charge in [-0.15, -0.1) is 0 Å². The van der Waals surface area contributed by atoms with Crippen molar-refractivity contribution in [1.29, 1.82) is 0 Å². The van der Waals surface area contributed by atoms with E-state index in [1.165, 1.54) is 0 Å². The van der Waals surface area contributed by atoms with Gasteiger partial charge in [0.15, 0.2) is 0 Å². The van der Waals surface area contributed by atoms with Crippen LogP contribution in [0.2, 0.25) is 0 Å². The van der Waals surface area contributed by atoms with Crippen molar-refractivity contribution in [2.24, 2.45) is 0 Å². The van der Waals surface area contributed by atoms with Gasteiger partial charge in [0.2, 0.25) is 0 Å². The van der Waals surface area contributed by atoms with E-state index >= 15 is 0 Å². The second-order valence-corrected chi connectivity index (χ2v) is 15.6. The van der Waals surface area contributed by atoms with Crippen molar-refractivity contribution >= 4 is 38.4 Å². The summed E-state index contributed by atoms with van der Waals surface area (Å²) in [6.07, 6.45) is 0. The van der Waals surface area contributed by atoms with E-state index in [0.29, 0.717) is 0 Å². The molecule has 0 atom stereocenters. The Balaban J connectivity index is 3.73. The average Bonchev–Trinajstić information content (AvgIpc) is 0.650. The van der Waals surface area contributed by atoms with Crippen molar-refractivity contribution in [3.63, 3.8) is 0 Å². The first kappa shape index (κ1) is 7.30. The molecule has 0 fully saturated rings. The fourth-order valence-corrected chi connectivity index (χ4v) is 0. The summed E-state index contributed by atoms with van der Waals surface area (Å²) in [6.45, 7) is 3.27. The molecule has 0 N–H and O–H groups in total. The molecule has 0 aliphatic heterocycles. The molecule has 0 aromatic rings. The molecule has 0 aliphatic rings. The molecular formula is C2H6Cl3P. The Morgan fingerprint density at radius 3 is 1.00 bits per heavy atom. The van der Waals surface area contributed by atoms with Crippen LogP contribution in [0.4, 0.5) is 0 Å². The van der Waals surface area contributed by atoms with Gasteiger partial charge in [0.1, 0.15) is 0 Å². The van der Waals surface area contributed by atoms with Crippen LogP contribution >= 0.6 is 38.4 Å². The van der Waals surface area contributed by atoms with Gasteiger partial charge in [-0.1, -0.05) is 0 Å². The van der Waals surface area contributed by atoms with Gasteiger partial charge in [-0.3, -0.25) is 0 Å². The molecule has 0 spiro atoms. The summed E-state index contributed by atoms with van der Waals surface area (Å²) in [5.41, 5.74) is 0. The van der Waals surface area contributed by atoms with Gasteiger partial charge in [-0.05, 0) is 0 Å². The van der Waals surface area contributed by atoms with Gasteiger partial charge < -0.3 is 0 Å². The SMILES string of the molecule is CP(C)(Cl)(Cl)Cl. The van der Waals surface area contributed by atoms with Gasteiger partial charge in [-0.2, -0.15) is 0 Å². The summed E-state index contributed by atoms with van der Waals surface area (Å²) in [5.74, 6) is 0. The second-order valence-electron chi connectivity index (χ2n) is 1.65. The zero-order valence-electron chi connectivity index (χ0n) is 3.58. The van der Waals surface area contributed by atoms with Crippen LogP contribution < -0.4 is 0 Å². The van der Waals surface area contributed by atoms with Crippen molar-refractivity contribution in [2.75, 3.05) is 13.3 Å². The van der Waals surface area contributed by atoms with Gasteiger partial charge >= 0.3 is 51.7 Å². The molecule has 0 aromatic heterocycles. The quantitative estimate of drug-likeness (QED) is 0.486. The predicted octanol–water partition coefficient (Wildman–Crippen LogP) is 3.26. The molecule has 0 unspecified atom stereocenters. The minimum absolute atomic E-state index is 1.64. The molecule has 0 saturated carbocycles. The Bertz CT molecular complexity index is 42.0. The molecule has 0 aromatic carbocycles. The third kappa shape index (κ3) is 58.0. The van der Waals surface area contributed by atoms with Gasteiger partial charge in [0.05, 0.1) is 0 Å². The second kappa shape index (κ2) is 1.39. The van der Waals surface area contributed by atoms with Gasteiger partial charge in [0.25, 0.3) is 0 Å². The Morgan fingerprint density at radius 2 is 1.00 bits per heavy atom. The molecular weight excluding hydrogens is 161 g/mol. The maximum atomic E-state index is 5.45. The van der Waals surface area contributed by atoms with Crippen LogP contribution in [0.5, 0.6) is 0 Å². The third-order valence-corrected chi connectivity index (χ3v) is 0. The summed E-state index contributed by atoms with van der Waals surface area (Å²) < 4.78 is -2.63. The summed E-state index contributed by atoms with van der Waals surface area (Å²) in [5, 5.41) is 0. The fourth-order valence-electron chi connectivity index (χ4n) is 0. The first-order chi connectivity index (χ1) is 2.24. The molecule has 0 bridgehead atoms. The van der Waals surface area contributed by atoms with Gasteiger partial charge in [0, 0.05) is 0 Å². The van der Waals surface area contributed by atoms with Crippen LogP contribution in [0.15, 0.2) is 0 Å². The molecule has 4 heteroatoms. The molecule has 6 heavy (non-hydrogen) atoms. The first-order valence-electron chi connectivity index (χ1n) is 1.40. The molecule has 0 radical (unpaired) electrons.